The summed E-state index contributed by atoms with van der Waals surface area (Å²) >= 11 is 0. The molecule has 1 aromatic carbocycles. The molecule has 0 unspecified atom stereocenters. The molecule has 1 fully saturated rings. The van der Waals surface area contributed by atoms with Crippen LogP contribution in [-0.2, 0) is 4.79 Å². The van der Waals surface area contributed by atoms with Crippen LogP contribution in [0.1, 0.15) is 30.1 Å². The van der Waals surface area contributed by atoms with Crippen molar-refractivity contribution in [2.45, 2.75) is 25.8 Å². The van der Waals surface area contributed by atoms with E-state index in [1.807, 2.05) is 0 Å². The van der Waals surface area contributed by atoms with E-state index in [-0.39, 0.29) is 11.8 Å². The van der Waals surface area contributed by atoms with Gasteiger partial charge in [-0.05, 0) is 25.8 Å². The van der Waals surface area contributed by atoms with Crippen molar-refractivity contribution >= 4 is 17.5 Å². The van der Waals surface area contributed by atoms with Crippen molar-refractivity contribution in [1.82, 2.24) is 4.90 Å². The van der Waals surface area contributed by atoms with Gasteiger partial charge in [0.25, 0.3) is 5.91 Å². The number of amides is 2. The minimum absolute atomic E-state index is 0.136. The fraction of sp³-hybridized carbons (Fsp3) is 0.500. The minimum Gasteiger partial charge on any atom is -0.493 e. The predicted molar refractivity (Wildman–Crippen MR) is 87.0 cm³/mol. The molecule has 23 heavy (non-hydrogen) atoms. The van der Waals surface area contributed by atoms with E-state index in [0.717, 1.165) is 12.8 Å². The van der Waals surface area contributed by atoms with Crippen LogP contribution in [0.5, 0.6) is 11.5 Å². The molecule has 7 heteroatoms. The summed E-state index contributed by atoms with van der Waals surface area (Å²) in [6.45, 7) is 3.01. The first-order valence-electron chi connectivity index (χ1n) is 7.59. The molecule has 0 radical (unpaired) electrons. The van der Waals surface area contributed by atoms with E-state index in [2.05, 4.69) is 5.32 Å². The second-order valence-corrected chi connectivity index (χ2v) is 5.53. The number of hydrogen-bond acceptors (Lipinski definition) is 5. The minimum atomic E-state index is -0.683. The maximum atomic E-state index is 12.7. The SMILES string of the molecule is COc1cc(NC(=O)[C@H](C)N)c(C(=O)N2CCCC2)cc1OC. The molecule has 1 aliphatic heterocycles. The van der Waals surface area contributed by atoms with Crippen molar-refractivity contribution in [2.75, 3.05) is 32.6 Å². The van der Waals surface area contributed by atoms with Gasteiger partial charge in [0.1, 0.15) is 0 Å². The molecule has 2 rings (SSSR count). The first-order chi connectivity index (χ1) is 11.0. The summed E-state index contributed by atoms with van der Waals surface area (Å²) in [5, 5.41) is 2.69. The molecule has 1 heterocycles. The van der Waals surface area contributed by atoms with Crippen LogP contribution in [0.25, 0.3) is 0 Å². The Morgan fingerprint density at radius 2 is 1.74 bits per heavy atom. The standard InChI is InChI=1S/C16H23N3O4/c1-10(17)15(20)18-12-9-14(23-3)13(22-2)8-11(12)16(21)19-6-4-5-7-19/h8-10H,4-7,17H2,1-3H3,(H,18,20)/t10-/m0/s1. The highest BCUT2D eigenvalue weighted by molar-refractivity contribution is 6.05. The van der Waals surface area contributed by atoms with Gasteiger partial charge < -0.3 is 25.4 Å². The first-order valence-corrected chi connectivity index (χ1v) is 7.59. The summed E-state index contributed by atoms with van der Waals surface area (Å²) in [6.07, 6.45) is 1.97. The maximum Gasteiger partial charge on any atom is 0.256 e. The van der Waals surface area contributed by atoms with Gasteiger partial charge in [-0.3, -0.25) is 9.59 Å². The highest BCUT2D eigenvalue weighted by Crippen LogP contribution is 2.34. The third-order valence-corrected chi connectivity index (χ3v) is 3.82. The van der Waals surface area contributed by atoms with E-state index in [1.165, 1.54) is 14.2 Å². The van der Waals surface area contributed by atoms with Gasteiger partial charge in [0, 0.05) is 19.2 Å². The quantitative estimate of drug-likeness (QED) is 0.850. The third-order valence-electron chi connectivity index (χ3n) is 3.82. The Morgan fingerprint density at radius 3 is 2.26 bits per heavy atom. The van der Waals surface area contributed by atoms with Crippen molar-refractivity contribution < 1.29 is 19.1 Å². The summed E-state index contributed by atoms with van der Waals surface area (Å²) in [5.74, 6) is 0.371. The largest absolute Gasteiger partial charge is 0.493 e. The van der Waals surface area contributed by atoms with E-state index in [9.17, 15) is 9.59 Å². The molecule has 0 aliphatic carbocycles. The highest BCUT2D eigenvalue weighted by Gasteiger charge is 2.25. The lowest BCUT2D eigenvalue weighted by Gasteiger charge is -2.20. The van der Waals surface area contributed by atoms with Crippen molar-refractivity contribution in [3.8, 4) is 11.5 Å². The monoisotopic (exact) mass is 321 g/mol. The number of likely N-dealkylation sites (tertiary alicyclic amines) is 1. The Hall–Kier alpha value is -2.28. The van der Waals surface area contributed by atoms with Crippen LogP contribution in [0, 0.1) is 0 Å². The number of methoxy groups -OCH3 is 2. The van der Waals surface area contributed by atoms with Gasteiger partial charge in [-0.15, -0.1) is 0 Å². The zero-order valence-electron chi connectivity index (χ0n) is 13.7. The smallest absolute Gasteiger partial charge is 0.256 e. The molecule has 0 bridgehead atoms. The van der Waals surface area contributed by atoms with Gasteiger partial charge in [0.2, 0.25) is 5.91 Å². The van der Waals surface area contributed by atoms with Crippen LogP contribution < -0.4 is 20.5 Å². The summed E-state index contributed by atoms with van der Waals surface area (Å²) in [6, 6.07) is 2.50. The summed E-state index contributed by atoms with van der Waals surface area (Å²) in [4.78, 5) is 26.4. The van der Waals surface area contributed by atoms with Gasteiger partial charge in [0.05, 0.1) is 31.5 Å². The van der Waals surface area contributed by atoms with E-state index < -0.39 is 6.04 Å². The van der Waals surface area contributed by atoms with E-state index in [1.54, 1.807) is 24.0 Å². The normalized spacial score (nSPS) is 15.2. The number of anilines is 1. The molecule has 7 nitrogen and oxygen atoms in total. The van der Waals surface area contributed by atoms with Crippen molar-refractivity contribution in [3.63, 3.8) is 0 Å². The summed E-state index contributed by atoms with van der Waals surface area (Å²) in [5.41, 5.74) is 6.35. The maximum absolute atomic E-state index is 12.7. The third kappa shape index (κ3) is 3.73. The fourth-order valence-corrected chi connectivity index (χ4v) is 2.50. The molecule has 1 saturated heterocycles. The van der Waals surface area contributed by atoms with Crippen LogP contribution in [0.2, 0.25) is 0 Å². The summed E-state index contributed by atoms with van der Waals surface area (Å²) < 4.78 is 10.5. The lowest BCUT2D eigenvalue weighted by molar-refractivity contribution is -0.117. The molecule has 1 atom stereocenters. The van der Waals surface area contributed by atoms with Gasteiger partial charge in [-0.25, -0.2) is 0 Å². The topological polar surface area (TPSA) is 93.9 Å². The zero-order valence-corrected chi connectivity index (χ0v) is 13.7. The Balaban J connectivity index is 2.43. The van der Waals surface area contributed by atoms with Crippen molar-refractivity contribution in [3.05, 3.63) is 17.7 Å². The molecule has 3 N–H and O–H groups in total. The van der Waals surface area contributed by atoms with Crippen LogP contribution in [0.4, 0.5) is 5.69 Å². The molecule has 1 aliphatic rings. The Morgan fingerprint density at radius 1 is 1.17 bits per heavy atom. The first kappa shape index (κ1) is 17.1. The van der Waals surface area contributed by atoms with Crippen LogP contribution in [-0.4, -0.2) is 50.1 Å². The number of carbonyl (C=O) groups is 2. The number of nitrogens with two attached hydrogens (primary N) is 1. The number of benzene rings is 1. The second-order valence-electron chi connectivity index (χ2n) is 5.53. The van der Waals surface area contributed by atoms with Gasteiger partial charge in [0.15, 0.2) is 11.5 Å². The fourth-order valence-electron chi connectivity index (χ4n) is 2.50. The number of nitrogens with one attached hydrogen (secondary N) is 1. The molecular formula is C16H23N3O4. The lowest BCUT2D eigenvalue weighted by Crippen LogP contribution is -2.34. The average molecular weight is 321 g/mol. The van der Waals surface area contributed by atoms with Crippen LogP contribution >= 0.6 is 0 Å². The second kappa shape index (κ2) is 7.32. The van der Waals surface area contributed by atoms with Gasteiger partial charge in [-0.1, -0.05) is 0 Å². The Labute approximate surface area is 135 Å². The molecule has 0 spiro atoms. The van der Waals surface area contributed by atoms with Crippen molar-refractivity contribution in [2.24, 2.45) is 5.73 Å². The highest BCUT2D eigenvalue weighted by atomic mass is 16.5. The molecule has 0 aromatic heterocycles. The molecular weight excluding hydrogens is 298 g/mol. The molecule has 0 saturated carbocycles. The van der Waals surface area contributed by atoms with Crippen LogP contribution in [0.3, 0.4) is 0 Å². The Bertz CT molecular complexity index is 595. The predicted octanol–water partition coefficient (Wildman–Crippen LogP) is 1.23. The van der Waals surface area contributed by atoms with E-state index in [0.29, 0.717) is 35.8 Å². The van der Waals surface area contributed by atoms with E-state index in [4.69, 9.17) is 15.2 Å². The zero-order chi connectivity index (χ0) is 17.0. The molecule has 2 amide bonds. The molecule has 126 valence electrons. The van der Waals surface area contributed by atoms with Gasteiger partial charge >= 0.3 is 0 Å². The lowest BCUT2D eigenvalue weighted by atomic mass is 10.1. The van der Waals surface area contributed by atoms with Crippen LogP contribution in [0.15, 0.2) is 12.1 Å². The van der Waals surface area contributed by atoms with E-state index >= 15 is 0 Å². The van der Waals surface area contributed by atoms with Crippen molar-refractivity contribution in [1.29, 1.82) is 0 Å². The number of hydrogen-bond donors (Lipinski definition) is 2. The number of rotatable bonds is 5. The molecule has 1 aromatic rings. The average Bonchev–Trinajstić information content (AvgIpc) is 3.07. The summed E-state index contributed by atoms with van der Waals surface area (Å²) in [7, 11) is 3.00. The number of nitrogens with zero attached hydrogens (tertiary/aromatic N) is 1. The number of carbonyl (C=O) groups excluding carboxylic acids is 2. The number of ether oxygens (including phenoxy) is 2. The van der Waals surface area contributed by atoms with Gasteiger partial charge in [-0.2, -0.15) is 0 Å². The Kier molecular flexibility index (Phi) is 5.44.